The molecule has 4 bridgehead atoms. The van der Waals surface area contributed by atoms with Gasteiger partial charge in [0.15, 0.2) is 5.69 Å². The molecule has 198 valence electrons. The van der Waals surface area contributed by atoms with Gasteiger partial charge in [0.2, 0.25) is 0 Å². The van der Waals surface area contributed by atoms with Gasteiger partial charge >= 0.3 is 0 Å². The second kappa shape index (κ2) is 9.74. The third kappa shape index (κ3) is 4.66. The van der Waals surface area contributed by atoms with E-state index in [2.05, 4.69) is 28.2 Å². The summed E-state index contributed by atoms with van der Waals surface area (Å²) in [5, 5.41) is 9.72. The van der Waals surface area contributed by atoms with Gasteiger partial charge in [-0.05, 0) is 112 Å². The Bertz CT molecular complexity index is 1130. The summed E-state index contributed by atoms with van der Waals surface area (Å²) < 4.78 is 2.36. The van der Waals surface area contributed by atoms with E-state index in [1.165, 1.54) is 93.9 Å². The fourth-order valence-corrected chi connectivity index (χ4v) is 9.70. The lowest BCUT2D eigenvalue weighted by Crippen LogP contribution is -2.60. The first-order chi connectivity index (χ1) is 18.1. The van der Waals surface area contributed by atoms with Crippen LogP contribution in [0.4, 0.5) is 0 Å². The molecule has 1 unspecified atom stereocenters. The molecule has 6 aliphatic rings. The highest BCUT2D eigenvalue weighted by molar-refractivity contribution is 6.30. The molecule has 5 fully saturated rings. The van der Waals surface area contributed by atoms with Crippen LogP contribution in [0.3, 0.4) is 0 Å². The molecule has 1 amide bonds. The van der Waals surface area contributed by atoms with Crippen LogP contribution < -0.4 is 5.32 Å². The SMILES string of the molecule is O=C(NC12CC3CC(CC(C3)C1)C2)c1nn(C2CCCCC2)c2c1CCCCC2Cc1cccc(Cl)c1. The first-order valence-corrected chi connectivity index (χ1v) is 15.6. The van der Waals surface area contributed by atoms with Gasteiger partial charge in [-0.25, -0.2) is 0 Å². The van der Waals surface area contributed by atoms with Crippen LogP contribution in [-0.4, -0.2) is 21.2 Å². The molecule has 1 aromatic carbocycles. The van der Waals surface area contributed by atoms with Gasteiger partial charge in [0, 0.05) is 27.7 Å². The van der Waals surface area contributed by atoms with E-state index in [0.717, 1.165) is 54.2 Å². The van der Waals surface area contributed by atoms with Crippen molar-refractivity contribution in [1.29, 1.82) is 0 Å². The van der Waals surface area contributed by atoms with Crippen molar-refractivity contribution in [3.8, 4) is 0 Å². The molecule has 0 spiro atoms. The first-order valence-electron chi connectivity index (χ1n) is 15.2. The van der Waals surface area contributed by atoms with E-state index in [1.807, 2.05) is 6.07 Å². The Morgan fingerprint density at radius 2 is 1.68 bits per heavy atom. The van der Waals surface area contributed by atoms with Gasteiger partial charge in [-0.15, -0.1) is 0 Å². The van der Waals surface area contributed by atoms with Crippen LogP contribution in [0.2, 0.25) is 5.02 Å². The minimum atomic E-state index is 0.0260. The van der Waals surface area contributed by atoms with Gasteiger partial charge in [-0.3, -0.25) is 9.48 Å². The number of nitrogens with zero attached hydrogens (tertiary/aromatic N) is 2. The number of halogens is 1. The number of carbonyl (C=O) groups excluding carboxylic acids is 1. The highest BCUT2D eigenvalue weighted by atomic mass is 35.5. The molecule has 1 heterocycles. The molecule has 0 radical (unpaired) electrons. The number of fused-ring (bicyclic) bond motifs is 1. The average molecular weight is 520 g/mol. The van der Waals surface area contributed by atoms with Crippen LogP contribution in [-0.2, 0) is 12.8 Å². The Morgan fingerprint density at radius 1 is 0.973 bits per heavy atom. The summed E-state index contributed by atoms with van der Waals surface area (Å²) in [4.78, 5) is 14.1. The van der Waals surface area contributed by atoms with E-state index >= 15 is 0 Å². The van der Waals surface area contributed by atoms with Crippen molar-refractivity contribution in [1.82, 2.24) is 15.1 Å². The fourth-order valence-electron chi connectivity index (χ4n) is 9.49. The van der Waals surface area contributed by atoms with E-state index in [-0.39, 0.29) is 11.4 Å². The molecule has 4 nitrogen and oxygen atoms in total. The summed E-state index contributed by atoms with van der Waals surface area (Å²) >= 11 is 6.37. The number of nitrogens with one attached hydrogen (secondary N) is 1. The molecule has 1 N–H and O–H groups in total. The Morgan fingerprint density at radius 3 is 2.38 bits per heavy atom. The second-order valence-electron chi connectivity index (χ2n) is 13.4. The van der Waals surface area contributed by atoms with Crippen LogP contribution in [0.5, 0.6) is 0 Å². The van der Waals surface area contributed by atoms with Crippen molar-refractivity contribution in [2.45, 2.75) is 120 Å². The maximum atomic E-state index is 14.1. The van der Waals surface area contributed by atoms with Crippen LogP contribution >= 0.6 is 11.6 Å². The highest BCUT2D eigenvalue weighted by Gasteiger charge is 2.52. The number of aromatic nitrogens is 2. The van der Waals surface area contributed by atoms with Gasteiger partial charge in [0.1, 0.15) is 0 Å². The third-order valence-electron chi connectivity index (χ3n) is 10.6. The van der Waals surface area contributed by atoms with Crippen LogP contribution in [0.1, 0.15) is 129 Å². The lowest BCUT2D eigenvalue weighted by atomic mass is 9.53. The van der Waals surface area contributed by atoms with Crippen molar-refractivity contribution in [2.75, 3.05) is 0 Å². The molecule has 1 aromatic heterocycles. The Kier molecular flexibility index (Phi) is 6.38. The molecule has 1 atom stereocenters. The second-order valence-corrected chi connectivity index (χ2v) is 13.8. The van der Waals surface area contributed by atoms with Crippen LogP contribution in [0.25, 0.3) is 0 Å². The number of amides is 1. The molecule has 5 heteroatoms. The number of hydrogen-bond donors (Lipinski definition) is 1. The number of rotatable bonds is 5. The summed E-state index contributed by atoms with van der Waals surface area (Å²) in [5.74, 6) is 2.99. The smallest absolute Gasteiger partial charge is 0.272 e. The van der Waals surface area contributed by atoms with E-state index in [0.29, 0.717) is 12.0 Å². The zero-order valence-corrected chi connectivity index (χ0v) is 22.9. The molecule has 8 rings (SSSR count). The van der Waals surface area contributed by atoms with E-state index < -0.39 is 0 Å². The maximum absolute atomic E-state index is 14.1. The molecule has 6 aliphatic carbocycles. The lowest BCUT2D eigenvalue weighted by molar-refractivity contribution is -0.0168. The molecule has 37 heavy (non-hydrogen) atoms. The molecule has 0 aliphatic heterocycles. The summed E-state index contributed by atoms with van der Waals surface area (Å²) in [6, 6.07) is 8.79. The van der Waals surface area contributed by atoms with Crippen molar-refractivity contribution < 1.29 is 4.79 Å². The topological polar surface area (TPSA) is 46.9 Å². The zero-order valence-electron chi connectivity index (χ0n) is 22.2. The van der Waals surface area contributed by atoms with E-state index in [9.17, 15) is 4.79 Å². The Labute approximate surface area is 226 Å². The quantitative estimate of drug-likeness (QED) is 0.410. The van der Waals surface area contributed by atoms with Gasteiger partial charge in [0.25, 0.3) is 5.91 Å². The van der Waals surface area contributed by atoms with Crippen LogP contribution in [0, 0.1) is 17.8 Å². The van der Waals surface area contributed by atoms with Gasteiger partial charge in [-0.1, -0.05) is 49.4 Å². The Hall–Kier alpha value is -1.81. The minimum Gasteiger partial charge on any atom is -0.345 e. The Balaban J connectivity index is 1.24. The molecule has 5 saturated carbocycles. The molecular weight excluding hydrogens is 478 g/mol. The van der Waals surface area contributed by atoms with Gasteiger partial charge in [-0.2, -0.15) is 5.10 Å². The number of carbonyl (C=O) groups is 1. The van der Waals surface area contributed by atoms with Gasteiger partial charge < -0.3 is 5.32 Å². The lowest BCUT2D eigenvalue weighted by Gasteiger charge is -2.56. The van der Waals surface area contributed by atoms with Crippen molar-refractivity contribution in [3.63, 3.8) is 0 Å². The van der Waals surface area contributed by atoms with Gasteiger partial charge in [0.05, 0.1) is 6.04 Å². The van der Waals surface area contributed by atoms with E-state index in [1.54, 1.807) is 0 Å². The molecule has 2 aromatic rings. The minimum absolute atomic E-state index is 0.0260. The molecule has 0 saturated heterocycles. The fraction of sp³-hybridized carbons (Fsp3) is 0.688. The summed E-state index contributed by atoms with van der Waals surface area (Å²) in [5.41, 5.74) is 4.71. The zero-order chi connectivity index (χ0) is 25.0. The molecular formula is C32H42ClN3O. The largest absolute Gasteiger partial charge is 0.345 e. The van der Waals surface area contributed by atoms with Crippen LogP contribution in [0.15, 0.2) is 24.3 Å². The summed E-state index contributed by atoms with van der Waals surface area (Å²) in [6.07, 6.45) is 19.5. The maximum Gasteiger partial charge on any atom is 0.272 e. The third-order valence-corrected chi connectivity index (χ3v) is 10.8. The average Bonchev–Trinajstić information content (AvgIpc) is 3.13. The van der Waals surface area contributed by atoms with Crippen molar-refractivity contribution in [2.24, 2.45) is 17.8 Å². The predicted molar refractivity (Wildman–Crippen MR) is 148 cm³/mol. The summed E-state index contributed by atoms with van der Waals surface area (Å²) in [7, 11) is 0. The van der Waals surface area contributed by atoms with E-state index in [4.69, 9.17) is 16.7 Å². The van der Waals surface area contributed by atoms with Crippen molar-refractivity contribution >= 4 is 17.5 Å². The standard InChI is InChI=1S/C32H42ClN3O/c33-26-9-6-7-21(17-26)16-25-8-4-5-12-28-29(35-36(30(25)28)27-10-2-1-3-11-27)31(37)34-32-18-22-13-23(19-32)15-24(14-22)20-32/h6-7,9,17,22-25,27H,1-5,8,10-16,18-20H2,(H,34,37). The van der Waals surface area contributed by atoms with Crippen molar-refractivity contribution in [3.05, 3.63) is 51.8 Å². The normalized spacial score (nSPS) is 33.2. The predicted octanol–water partition coefficient (Wildman–Crippen LogP) is 7.79. The number of benzene rings is 1. The highest BCUT2D eigenvalue weighted by Crippen LogP contribution is 2.55. The monoisotopic (exact) mass is 519 g/mol. The first kappa shape index (κ1) is 24.2. The number of hydrogen-bond acceptors (Lipinski definition) is 2. The summed E-state index contributed by atoms with van der Waals surface area (Å²) in [6.45, 7) is 0.